The Kier molecular flexibility index (Phi) is 5.44. The first-order valence-electron chi connectivity index (χ1n) is 9.30. The average molecular weight is 442 g/mol. The van der Waals surface area contributed by atoms with Crippen LogP contribution in [0.15, 0.2) is 41.2 Å². The molecule has 7 nitrogen and oxygen atoms in total. The highest BCUT2D eigenvalue weighted by molar-refractivity contribution is 7.11. The Morgan fingerprint density at radius 2 is 1.93 bits per heavy atom. The highest BCUT2D eigenvalue weighted by Crippen LogP contribution is 2.31. The van der Waals surface area contributed by atoms with E-state index >= 15 is 0 Å². The third-order valence-electron chi connectivity index (χ3n) is 4.77. The van der Waals surface area contributed by atoms with Crippen LogP contribution in [0.25, 0.3) is 16.9 Å². The standard InChI is InChI=1S/C21H20ClN5O2S/c1-12-10-15(20-13(2)30-14(3)23-20)8-9-19(12)29-11-16-17(22)6-5-7-18(16)27-21(28)26(4)24-25-27/h5-10H,11H2,1-4H3. The molecule has 0 aliphatic rings. The highest BCUT2D eigenvalue weighted by Gasteiger charge is 2.15. The van der Waals surface area contributed by atoms with Gasteiger partial charge in [0.15, 0.2) is 0 Å². The zero-order valence-electron chi connectivity index (χ0n) is 17.0. The first kappa shape index (κ1) is 20.3. The van der Waals surface area contributed by atoms with Gasteiger partial charge in [0.05, 0.1) is 16.4 Å². The first-order chi connectivity index (χ1) is 14.3. The van der Waals surface area contributed by atoms with Gasteiger partial charge < -0.3 is 4.74 Å². The van der Waals surface area contributed by atoms with Crippen LogP contribution in [0.4, 0.5) is 0 Å². The first-order valence-corrected chi connectivity index (χ1v) is 10.5. The van der Waals surface area contributed by atoms with Crippen LogP contribution in [0.1, 0.15) is 21.0 Å². The molecule has 0 N–H and O–H groups in total. The molecule has 0 radical (unpaired) electrons. The Hall–Kier alpha value is -2.97. The minimum absolute atomic E-state index is 0.188. The molecule has 0 unspecified atom stereocenters. The Morgan fingerprint density at radius 3 is 2.57 bits per heavy atom. The molecule has 2 aromatic heterocycles. The third kappa shape index (κ3) is 3.76. The largest absolute Gasteiger partial charge is 0.488 e. The van der Waals surface area contributed by atoms with Crippen molar-refractivity contribution >= 4 is 22.9 Å². The van der Waals surface area contributed by atoms with E-state index in [1.165, 1.54) is 9.56 Å². The lowest BCUT2D eigenvalue weighted by Crippen LogP contribution is -2.23. The fourth-order valence-corrected chi connectivity index (χ4v) is 4.32. The van der Waals surface area contributed by atoms with E-state index in [4.69, 9.17) is 16.3 Å². The summed E-state index contributed by atoms with van der Waals surface area (Å²) < 4.78 is 8.45. The molecule has 2 aromatic carbocycles. The number of ether oxygens (including phenoxy) is 1. The van der Waals surface area contributed by atoms with Gasteiger partial charge in [-0.15, -0.1) is 11.3 Å². The second kappa shape index (κ2) is 8.04. The summed E-state index contributed by atoms with van der Waals surface area (Å²) in [6.07, 6.45) is 0. The van der Waals surface area contributed by atoms with E-state index in [0.717, 1.165) is 32.3 Å². The molecule has 0 aliphatic heterocycles. The van der Waals surface area contributed by atoms with Crippen molar-refractivity contribution in [2.75, 3.05) is 0 Å². The Labute approximate surface area is 182 Å². The van der Waals surface area contributed by atoms with Gasteiger partial charge in [-0.3, -0.25) is 0 Å². The normalized spacial score (nSPS) is 11.1. The van der Waals surface area contributed by atoms with Crippen molar-refractivity contribution in [3.8, 4) is 22.7 Å². The van der Waals surface area contributed by atoms with Crippen LogP contribution < -0.4 is 10.4 Å². The van der Waals surface area contributed by atoms with Crippen LogP contribution in [0, 0.1) is 20.8 Å². The topological polar surface area (TPSA) is 74.8 Å². The number of rotatable bonds is 5. The molecule has 0 fully saturated rings. The maximum absolute atomic E-state index is 12.3. The van der Waals surface area contributed by atoms with Gasteiger partial charge in [-0.25, -0.2) is 9.78 Å². The third-order valence-corrected chi connectivity index (χ3v) is 6.01. The minimum atomic E-state index is -0.354. The predicted octanol–water partition coefficient (Wildman–Crippen LogP) is 4.25. The predicted molar refractivity (Wildman–Crippen MR) is 118 cm³/mol. The van der Waals surface area contributed by atoms with E-state index in [9.17, 15) is 4.79 Å². The molecule has 0 amide bonds. The molecular weight excluding hydrogens is 422 g/mol. The molecule has 0 saturated carbocycles. The highest BCUT2D eigenvalue weighted by atomic mass is 35.5. The molecule has 2 heterocycles. The summed E-state index contributed by atoms with van der Waals surface area (Å²) >= 11 is 8.10. The molecule has 4 aromatic rings. The van der Waals surface area contributed by atoms with Gasteiger partial charge in [-0.2, -0.15) is 9.36 Å². The van der Waals surface area contributed by atoms with E-state index in [1.807, 2.05) is 26.0 Å². The van der Waals surface area contributed by atoms with Crippen molar-refractivity contribution in [2.45, 2.75) is 27.4 Å². The van der Waals surface area contributed by atoms with Crippen molar-refractivity contribution in [2.24, 2.45) is 7.05 Å². The fourth-order valence-electron chi connectivity index (χ4n) is 3.26. The van der Waals surface area contributed by atoms with E-state index in [0.29, 0.717) is 16.3 Å². The summed E-state index contributed by atoms with van der Waals surface area (Å²) in [7, 11) is 1.54. The van der Waals surface area contributed by atoms with E-state index in [1.54, 1.807) is 36.6 Å². The van der Waals surface area contributed by atoms with Crippen LogP contribution in [0.5, 0.6) is 5.75 Å². The van der Waals surface area contributed by atoms with Crippen LogP contribution in [0.2, 0.25) is 5.02 Å². The maximum Gasteiger partial charge on any atom is 0.368 e. The number of aromatic nitrogens is 5. The number of halogens is 1. The smallest absolute Gasteiger partial charge is 0.368 e. The van der Waals surface area contributed by atoms with E-state index in [-0.39, 0.29) is 12.3 Å². The Bertz CT molecular complexity index is 1290. The van der Waals surface area contributed by atoms with Crippen molar-refractivity contribution < 1.29 is 4.74 Å². The molecule has 0 saturated heterocycles. The van der Waals surface area contributed by atoms with Gasteiger partial charge >= 0.3 is 5.69 Å². The average Bonchev–Trinajstić information content (AvgIpc) is 3.22. The van der Waals surface area contributed by atoms with E-state index in [2.05, 4.69) is 28.4 Å². The summed E-state index contributed by atoms with van der Waals surface area (Å²) in [4.78, 5) is 18.1. The van der Waals surface area contributed by atoms with Crippen molar-refractivity contribution in [3.63, 3.8) is 0 Å². The van der Waals surface area contributed by atoms with Gasteiger partial charge in [0, 0.05) is 28.1 Å². The van der Waals surface area contributed by atoms with Gasteiger partial charge in [-0.05, 0) is 67.1 Å². The zero-order chi connectivity index (χ0) is 21.4. The fraction of sp³-hybridized carbons (Fsp3) is 0.238. The number of aryl methyl sites for hydroxylation is 4. The number of nitrogens with zero attached hydrogens (tertiary/aromatic N) is 5. The van der Waals surface area contributed by atoms with Crippen LogP contribution >= 0.6 is 22.9 Å². The summed E-state index contributed by atoms with van der Waals surface area (Å²) in [6, 6.07) is 11.3. The van der Waals surface area contributed by atoms with Crippen LogP contribution in [0.3, 0.4) is 0 Å². The molecule has 4 rings (SSSR count). The summed E-state index contributed by atoms with van der Waals surface area (Å²) in [5.41, 5.74) is 3.91. The lowest BCUT2D eigenvalue weighted by Gasteiger charge is -2.14. The summed E-state index contributed by atoms with van der Waals surface area (Å²) in [5, 5.41) is 9.22. The van der Waals surface area contributed by atoms with Crippen LogP contribution in [-0.4, -0.2) is 24.8 Å². The second-order valence-corrected chi connectivity index (χ2v) is 8.76. The Morgan fingerprint density at radius 1 is 1.13 bits per heavy atom. The summed E-state index contributed by atoms with van der Waals surface area (Å²) in [5.74, 6) is 0.737. The minimum Gasteiger partial charge on any atom is -0.488 e. The monoisotopic (exact) mass is 441 g/mol. The quantitative estimate of drug-likeness (QED) is 0.463. The van der Waals surface area contributed by atoms with Gasteiger partial charge in [0.1, 0.15) is 12.4 Å². The molecule has 9 heteroatoms. The van der Waals surface area contributed by atoms with Crippen molar-refractivity contribution in [3.05, 3.63) is 72.9 Å². The van der Waals surface area contributed by atoms with E-state index < -0.39 is 0 Å². The molecule has 0 atom stereocenters. The molecule has 0 bridgehead atoms. The molecule has 0 spiro atoms. The number of thiazole rings is 1. The zero-order valence-corrected chi connectivity index (χ0v) is 18.6. The van der Waals surface area contributed by atoms with Crippen molar-refractivity contribution in [1.82, 2.24) is 24.8 Å². The number of hydrogen-bond acceptors (Lipinski definition) is 6. The number of tetrazole rings is 1. The second-order valence-electron chi connectivity index (χ2n) is 6.94. The number of benzene rings is 2. The number of hydrogen-bond donors (Lipinski definition) is 0. The molecular formula is C21H20ClN5O2S. The summed E-state index contributed by atoms with van der Waals surface area (Å²) in [6.45, 7) is 6.27. The van der Waals surface area contributed by atoms with Crippen LogP contribution in [-0.2, 0) is 13.7 Å². The van der Waals surface area contributed by atoms with Gasteiger partial charge in [0.25, 0.3) is 0 Å². The maximum atomic E-state index is 12.3. The van der Waals surface area contributed by atoms with Gasteiger partial charge in [0.2, 0.25) is 0 Å². The molecule has 30 heavy (non-hydrogen) atoms. The SMILES string of the molecule is Cc1nc(-c2ccc(OCc3c(Cl)cccc3-n3nnn(C)c3=O)c(C)c2)c(C)s1. The Balaban J connectivity index is 1.62. The molecule has 154 valence electrons. The molecule has 0 aliphatic carbocycles. The van der Waals surface area contributed by atoms with Gasteiger partial charge in [-0.1, -0.05) is 17.7 Å². The lowest BCUT2D eigenvalue weighted by atomic mass is 10.1. The lowest BCUT2D eigenvalue weighted by molar-refractivity contribution is 0.303. The van der Waals surface area contributed by atoms with Crippen molar-refractivity contribution in [1.29, 1.82) is 0 Å².